The molecule has 6 heteroatoms. The first-order valence-electron chi connectivity index (χ1n) is 9.15. The number of carbonyl (C=O) groups excluding carboxylic acids is 1. The van der Waals surface area contributed by atoms with Crippen molar-refractivity contribution in [2.75, 3.05) is 13.1 Å². The minimum atomic E-state index is -0.999. The zero-order chi connectivity index (χ0) is 19.4. The molecule has 0 spiro atoms. The van der Waals surface area contributed by atoms with Gasteiger partial charge in [0.25, 0.3) is 5.91 Å². The van der Waals surface area contributed by atoms with Crippen LogP contribution in [0.15, 0.2) is 48.5 Å². The Labute approximate surface area is 158 Å². The fourth-order valence-corrected chi connectivity index (χ4v) is 3.33. The number of rotatable bonds is 6. The van der Waals surface area contributed by atoms with Gasteiger partial charge in [0.15, 0.2) is 17.7 Å². The number of nitrogens with zero attached hydrogens (tertiary/aromatic N) is 1. The molecule has 2 aromatic rings. The van der Waals surface area contributed by atoms with Crippen LogP contribution in [-0.4, -0.2) is 36.0 Å². The van der Waals surface area contributed by atoms with Crippen LogP contribution in [0.2, 0.25) is 0 Å². The summed E-state index contributed by atoms with van der Waals surface area (Å²) < 4.78 is 31.7. The number of benzene rings is 2. The van der Waals surface area contributed by atoms with Gasteiger partial charge in [0.05, 0.1) is 0 Å². The van der Waals surface area contributed by atoms with Gasteiger partial charge in [-0.3, -0.25) is 9.69 Å². The van der Waals surface area contributed by atoms with Crippen LogP contribution in [0.25, 0.3) is 0 Å². The van der Waals surface area contributed by atoms with E-state index in [9.17, 15) is 13.6 Å². The van der Waals surface area contributed by atoms with Gasteiger partial charge >= 0.3 is 0 Å². The molecule has 27 heavy (non-hydrogen) atoms. The minimum absolute atomic E-state index is 0.0414. The molecule has 0 aromatic heterocycles. The van der Waals surface area contributed by atoms with Gasteiger partial charge in [0, 0.05) is 31.2 Å². The third kappa shape index (κ3) is 4.83. The minimum Gasteiger partial charge on any atom is -0.481 e. The van der Waals surface area contributed by atoms with Crippen molar-refractivity contribution in [1.82, 2.24) is 10.2 Å². The second-order valence-corrected chi connectivity index (χ2v) is 6.91. The highest BCUT2D eigenvalue weighted by molar-refractivity contribution is 5.81. The molecule has 3 unspecified atom stereocenters. The molecular weight excluding hydrogens is 350 g/mol. The maximum Gasteiger partial charge on any atom is 0.261 e. The number of halogens is 2. The Bertz CT molecular complexity index is 785. The Morgan fingerprint density at radius 2 is 1.89 bits per heavy atom. The van der Waals surface area contributed by atoms with Crippen LogP contribution in [0.3, 0.4) is 0 Å². The van der Waals surface area contributed by atoms with Crippen molar-refractivity contribution >= 4 is 5.91 Å². The zero-order valence-electron chi connectivity index (χ0n) is 15.5. The van der Waals surface area contributed by atoms with Crippen molar-refractivity contribution in [3.63, 3.8) is 0 Å². The summed E-state index contributed by atoms with van der Waals surface area (Å²) in [5.74, 6) is -2.08. The number of carbonyl (C=O) groups is 1. The van der Waals surface area contributed by atoms with E-state index in [1.54, 1.807) is 6.92 Å². The van der Waals surface area contributed by atoms with Crippen LogP contribution in [0, 0.1) is 11.6 Å². The normalized spacial score (nSPS) is 19.5. The molecule has 1 fully saturated rings. The predicted molar refractivity (Wildman–Crippen MR) is 99.4 cm³/mol. The van der Waals surface area contributed by atoms with Gasteiger partial charge in [-0.1, -0.05) is 30.3 Å². The van der Waals surface area contributed by atoms with Crippen LogP contribution >= 0.6 is 0 Å². The third-order valence-corrected chi connectivity index (χ3v) is 4.97. The Balaban J connectivity index is 1.51. The molecule has 1 saturated heterocycles. The van der Waals surface area contributed by atoms with E-state index >= 15 is 0 Å². The molecule has 0 aliphatic carbocycles. The average Bonchev–Trinajstić information content (AvgIpc) is 3.13. The van der Waals surface area contributed by atoms with Crippen molar-refractivity contribution in [3.8, 4) is 5.75 Å². The van der Waals surface area contributed by atoms with Crippen LogP contribution in [0.4, 0.5) is 8.78 Å². The molecular formula is C21H24F2N2O2. The fourth-order valence-electron chi connectivity index (χ4n) is 3.33. The quantitative estimate of drug-likeness (QED) is 0.839. The number of likely N-dealkylation sites (tertiary alicyclic amines) is 1. The molecule has 1 aliphatic rings. The molecule has 0 bridgehead atoms. The van der Waals surface area contributed by atoms with Crippen LogP contribution < -0.4 is 10.1 Å². The zero-order valence-corrected chi connectivity index (χ0v) is 15.5. The first-order chi connectivity index (χ1) is 12.9. The highest BCUT2D eigenvalue weighted by Gasteiger charge is 2.29. The molecule has 2 aromatic carbocycles. The lowest BCUT2D eigenvalue weighted by Crippen LogP contribution is -2.43. The molecule has 0 radical (unpaired) electrons. The number of hydrogen-bond acceptors (Lipinski definition) is 3. The van der Waals surface area contributed by atoms with E-state index in [0.29, 0.717) is 0 Å². The van der Waals surface area contributed by atoms with E-state index in [4.69, 9.17) is 4.74 Å². The van der Waals surface area contributed by atoms with Gasteiger partial charge in [0.1, 0.15) is 5.75 Å². The molecule has 1 heterocycles. The van der Waals surface area contributed by atoms with Crippen LogP contribution in [0.1, 0.15) is 31.9 Å². The van der Waals surface area contributed by atoms with Gasteiger partial charge in [0.2, 0.25) is 0 Å². The second kappa shape index (κ2) is 8.48. The van der Waals surface area contributed by atoms with Crippen molar-refractivity contribution < 1.29 is 18.3 Å². The average molecular weight is 374 g/mol. The highest BCUT2D eigenvalue weighted by Crippen LogP contribution is 2.24. The number of amides is 1. The predicted octanol–water partition coefficient (Wildman–Crippen LogP) is 3.68. The van der Waals surface area contributed by atoms with Crippen molar-refractivity contribution in [1.29, 1.82) is 0 Å². The summed E-state index contributed by atoms with van der Waals surface area (Å²) in [4.78, 5) is 14.7. The number of ether oxygens (including phenoxy) is 1. The standard InChI is InChI=1S/C21H24F2N2O2/c1-14(16-6-4-3-5-7-16)25-11-10-17(13-25)24-21(26)15(2)27-18-8-9-19(22)20(23)12-18/h3-9,12,14-15,17H,10-11,13H2,1-2H3,(H,24,26). The maximum absolute atomic E-state index is 13.3. The van der Waals surface area contributed by atoms with Gasteiger partial charge in [-0.15, -0.1) is 0 Å². The summed E-state index contributed by atoms with van der Waals surface area (Å²) in [7, 11) is 0. The van der Waals surface area contributed by atoms with E-state index in [2.05, 4.69) is 29.3 Å². The maximum atomic E-state index is 13.3. The molecule has 1 aliphatic heterocycles. The molecule has 0 saturated carbocycles. The Morgan fingerprint density at radius 3 is 2.59 bits per heavy atom. The number of hydrogen-bond donors (Lipinski definition) is 1. The molecule has 4 nitrogen and oxygen atoms in total. The monoisotopic (exact) mass is 374 g/mol. The van der Waals surface area contributed by atoms with Gasteiger partial charge in [-0.05, 0) is 38.0 Å². The highest BCUT2D eigenvalue weighted by atomic mass is 19.2. The second-order valence-electron chi connectivity index (χ2n) is 6.91. The van der Waals surface area contributed by atoms with Crippen LogP contribution in [-0.2, 0) is 4.79 Å². The summed E-state index contributed by atoms with van der Waals surface area (Å²) in [5, 5.41) is 2.99. The molecule has 1 amide bonds. The lowest BCUT2D eigenvalue weighted by atomic mass is 10.1. The first-order valence-corrected chi connectivity index (χ1v) is 9.15. The van der Waals surface area contributed by atoms with Gasteiger partial charge in [-0.2, -0.15) is 0 Å². The molecule has 144 valence electrons. The van der Waals surface area contributed by atoms with E-state index in [1.807, 2.05) is 18.2 Å². The topological polar surface area (TPSA) is 41.6 Å². The SMILES string of the molecule is CC(Oc1ccc(F)c(F)c1)C(=O)NC1CCN(C(C)c2ccccc2)C1. The van der Waals surface area contributed by atoms with Crippen molar-refractivity contribution in [2.24, 2.45) is 0 Å². The Kier molecular flexibility index (Phi) is 6.06. The van der Waals surface area contributed by atoms with Crippen molar-refractivity contribution in [3.05, 3.63) is 65.7 Å². The summed E-state index contributed by atoms with van der Waals surface area (Å²) in [6.45, 7) is 5.42. The Hall–Kier alpha value is -2.47. The summed E-state index contributed by atoms with van der Waals surface area (Å²) >= 11 is 0. The number of nitrogens with one attached hydrogen (secondary N) is 1. The largest absolute Gasteiger partial charge is 0.481 e. The molecule has 3 rings (SSSR count). The lowest BCUT2D eigenvalue weighted by molar-refractivity contribution is -0.127. The third-order valence-electron chi connectivity index (χ3n) is 4.97. The lowest BCUT2D eigenvalue weighted by Gasteiger charge is -2.25. The van der Waals surface area contributed by atoms with Crippen LogP contribution in [0.5, 0.6) is 5.75 Å². The van der Waals surface area contributed by atoms with E-state index in [-0.39, 0.29) is 23.7 Å². The molecule has 3 atom stereocenters. The van der Waals surface area contributed by atoms with Crippen molar-refractivity contribution in [2.45, 2.75) is 38.5 Å². The first kappa shape index (κ1) is 19.3. The van der Waals surface area contributed by atoms with Gasteiger partial charge < -0.3 is 10.1 Å². The summed E-state index contributed by atoms with van der Waals surface area (Å²) in [5.41, 5.74) is 1.25. The van der Waals surface area contributed by atoms with E-state index in [1.165, 1.54) is 11.6 Å². The smallest absolute Gasteiger partial charge is 0.261 e. The summed E-state index contributed by atoms with van der Waals surface area (Å²) in [6, 6.07) is 13.8. The Morgan fingerprint density at radius 1 is 1.15 bits per heavy atom. The van der Waals surface area contributed by atoms with E-state index in [0.717, 1.165) is 31.6 Å². The van der Waals surface area contributed by atoms with E-state index < -0.39 is 17.7 Å². The fraction of sp³-hybridized carbons (Fsp3) is 0.381. The van der Waals surface area contributed by atoms with Gasteiger partial charge in [-0.25, -0.2) is 8.78 Å². The summed E-state index contributed by atoms with van der Waals surface area (Å²) in [6.07, 6.45) is 0.0660. The molecule has 1 N–H and O–H groups in total.